The molecule has 1 atom stereocenters. The summed E-state index contributed by atoms with van der Waals surface area (Å²) in [6.07, 6.45) is 0.927. The van der Waals surface area contributed by atoms with E-state index in [1.54, 1.807) is 7.11 Å². The second-order valence-electron chi connectivity index (χ2n) is 4.52. The van der Waals surface area contributed by atoms with E-state index in [-0.39, 0.29) is 4.83 Å². The van der Waals surface area contributed by atoms with Crippen molar-refractivity contribution in [2.24, 2.45) is 0 Å². The summed E-state index contributed by atoms with van der Waals surface area (Å²) in [4.78, 5) is 0.105. The quantitative estimate of drug-likeness (QED) is 0.613. The molecule has 0 N–H and O–H groups in total. The Balaban J connectivity index is 2.15. The van der Waals surface area contributed by atoms with Gasteiger partial charge in [-0.25, -0.2) is 0 Å². The molecule has 20 heavy (non-hydrogen) atoms. The Morgan fingerprint density at radius 3 is 2.25 bits per heavy atom. The summed E-state index contributed by atoms with van der Waals surface area (Å²) in [5, 5.41) is 1.15. The predicted octanol–water partition coefficient (Wildman–Crippen LogP) is 5.67. The molecule has 4 heteroatoms. The first-order valence-corrected chi connectivity index (χ1v) is 7.96. The molecule has 0 saturated carbocycles. The zero-order valence-electron chi connectivity index (χ0n) is 11.1. The van der Waals surface area contributed by atoms with Crippen LogP contribution in [0.2, 0.25) is 10.0 Å². The van der Waals surface area contributed by atoms with Crippen molar-refractivity contribution in [2.45, 2.75) is 11.2 Å². The lowest BCUT2D eigenvalue weighted by molar-refractivity contribution is 0.202. The largest absolute Gasteiger partial charge is 0.384 e. The topological polar surface area (TPSA) is 9.23 Å². The minimum absolute atomic E-state index is 0.105. The second kappa shape index (κ2) is 7.46. The minimum Gasteiger partial charge on any atom is -0.384 e. The molecule has 0 amide bonds. The summed E-state index contributed by atoms with van der Waals surface area (Å²) in [6, 6.07) is 14.2. The molecule has 0 aliphatic rings. The lowest BCUT2D eigenvalue weighted by Gasteiger charge is -2.12. The molecule has 0 bridgehead atoms. The van der Waals surface area contributed by atoms with Crippen LogP contribution in [0.3, 0.4) is 0 Å². The summed E-state index contributed by atoms with van der Waals surface area (Å²) in [6.45, 7) is 0.740. The number of ether oxygens (including phenoxy) is 1. The maximum absolute atomic E-state index is 6.06. The van der Waals surface area contributed by atoms with Gasteiger partial charge in [-0.1, -0.05) is 69.5 Å². The summed E-state index contributed by atoms with van der Waals surface area (Å²) in [7, 11) is 1.72. The molecule has 2 aromatic rings. The maximum Gasteiger partial charge on any atom is 0.0645 e. The second-order valence-corrected chi connectivity index (χ2v) is 6.25. The first kappa shape index (κ1) is 15.8. The molecule has 0 fully saturated rings. The fraction of sp³-hybridized carbons (Fsp3) is 0.250. The molecule has 106 valence electrons. The van der Waals surface area contributed by atoms with Crippen LogP contribution >= 0.6 is 39.1 Å². The van der Waals surface area contributed by atoms with E-state index >= 15 is 0 Å². The van der Waals surface area contributed by atoms with Gasteiger partial charge in [0.1, 0.15) is 0 Å². The fourth-order valence-electron chi connectivity index (χ4n) is 1.94. The highest BCUT2D eigenvalue weighted by Crippen LogP contribution is 2.34. The van der Waals surface area contributed by atoms with Gasteiger partial charge in [0, 0.05) is 7.11 Å². The van der Waals surface area contributed by atoms with Crippen LogP contribution in [0, 0.1) is 0 Å². The Kier molecular flexibility index (Phi) is 5.91. The third kappa shape index (κ3) is 3.98. The van der Waals surface area contributed by atoms with Gasteiger partial charge < -0.3 is 4.74 Å². The number of alkyl halides is 1. The predicted molar refractivity (Wildman–Crippen MR) is 89.3 cm³/mol. The van der Waals surface area contributed by atoms with Gasteiger partial charge in [0.2, 0.25) is 0 Å². The Bertz CT molecular complexity index is 569. The molecular weight excluding hydrogens is 359 g/mol. The molecule has 1 unspecified atom stereocenters. The van der Waals surface area contributed by atoms with E-state index in [1.807, 2.05) is 18.2 Å². The van der Waals surface area contributed by atoms with Crippen molar-refractivity contribution >= 4 is 39.1 Å². The summed E-state index contributed by atoms with van der Waals surface area (Å²) in [5.74, 6) is 0. The van der Waals surface area contributed by atoms with E-state index in [9.17, 15) is 0 Å². The van der Waals surface area contributed by atoms with Crippen LogP contribution in [0.4, 0.5) is 0 Å². The van der Waals surface area contributed by atoms with Crippen LogP contribution < -0.4 is 0 Å². The van der Waals surface area contributed by atoms with Crippen LogP contribution in [-0.4, -0.2) is 13.7 Å². The first-order valence-electron chi connectivity index (χ1n) is 6.28. The highest BCUT2D eigenvalue weighted by atomic mass is 79.9. The number of rotatable bonds is 5. The molecule has 0 spiro atoms. The molecule has 0 aromatic heterocycles. The van der Waals surface area contributed by atoms with Crippen molar-refractivity contribution in [2.75, 3.05) is 13.7 Å². The van der Waals surface area contributed by atoms with Gasteiger partial charge >= 0.3 is 0 Å². The van der Waals surface area contributed by atoms with E-state index in [2.05, 4.69) is 40.2 Å². The number of hydrogen-bond acceptors (Lipinski definition) is 1. The summed E-state index contributed by atoms with van der Waals surface area (Å²) in [5.41, 5.74) is 3.54. The molecule has 0 radical (unpaired) electrons. The van der Waals surface area contributed by atoms with Gasteiger partial charge in [-0.2, -0.15) is 0 Å². The van der Waals surface area contributed by atoms with E-state index in [0.29, 0.717) is 10.0 Å². The van der Waals surface area contributed by atoms with Crippen LogP contribution in [0.1, 0.15) is 21.5 Å². The molecule has 0 heterocycles. The molecule has 0 aliphatic carbocycles. The zero-order valence-corrected chi connectivity index (χ0v) is 14.2. The van der Waals surface area contributed by atoms with E-state index in [0.717, 1.165) is 18.6 Å². The normalized spacial score (nSPS) is 12.4. The molecular formula is C16H15BrCl2O. The standard InChI is InChI=1S/C16H15BrCl2O/c1-20-9-8-11-2-4-12(5-3-11)16(17)13-6-7-14(18)15(19)10-13/h2-7,10,16H,8-9H2,1H3. The lowest BCUT2D eigenvalue weighted by atomic mass is 10.0. The van der Waals surface area contributed by atoms with Crippen LogP contribution in [0.25, 0.3) is 0 Å². The van der Waals surface area contributed by atoms with Crippen molar-refractivity contribution in [3.05, 3.63) is 69.2 Å². The van der Waals surface area contributed by atoms with Gasteiger partial charge in [0.25, 0.3) is 0 Å². The number of halogens is 3. The Morgan fingerprint density at radius 2 is 1.65 bits per heavy atom. The van der Waals surface area contributed by atoms with Gasteiger partial charge in [0.05, 0.1) is 21.5 Å². The number of benzene rings is 2. The highest BCUT2D eigenvalue weighted by molar-refractivity contribution is 9.09. The van der Waals surface area contributed by atoms with Crippen LogP contribution in [0.15, 0.2) is 42.5 Å². The van der Waals surface area contributed by atoms with Crippen molar-refractivity contribution in [3.63, 3.8) is 0 Å². The molecule has 1 nitrogen and oxygen atoms in total. The number of hydrogen-bond donors (Lipinski definition) is 0. The Morgan fingerprint density at radius 1 is 1.00 bits per heavy atom. The van der Waals surface area contributed by atoms with E-state index < -0.39 is 0 Å². The van der Waals surface area contributed by atoms with Crippen molar-refractivity contribution in [3.8, 4) is 0 Å². The third-order valence-electron chi connectivity index (χ3n) is 3.10. The molecule has 2 rings (SSSR count). The molecule has 2 aromatic carbocycles. The third-order valence-corrected chi connectivity index (χ3v) is 4.90. The van der Waals surface area contributed by atoms with Crippen molar-refractivity contribution in [1.82, 2.24) is 0 Å². The molecule has 0 aliphatic heterocycles. The van der Waals surface area contributed by atoms with Crippen LogP contribution in [0.5, 0.6) is 0 Å². The average molecular weight is 374 g/mol. The van der Waals surface area contributed by atoms with Gasteiger partial charge in [-0.15, -0.1) is 0 Å². The van der Waals surface area contributed by atoms with E-state index in [1.165, 1.54) is 11.1 Å². The number of methoxy groups -OCH3 is 1. The van der Waals surface area contributed by atoms with Gasteiger partial charge in [0.15, 0.2) is 0 Å². The van der Waals surface area contributed by atoms with Crippen molar-refractivity contribution in [1.29, 1.82) is 0 Å². The summed E-state index contributed by atoms with van der Waals surface area (Å²) < 4.78 is 5.08. The van der Waals surface area contributed by atoms with E-state index in [4.69, 9.17) is 27.9 Å². The zero-order chi connectivity index (χ0) is 14.5. The highest BCUT2D eigenvalue weighted by Gasteiger charge is 2.11. The average Bonchev–Trinajstić information content (AvgIpc) is 2.48. The Labute approximate surface area is 138 Å². The van der Waals surface area contributed by atoms with Crippen molar-refractivity contribution < 1.29 is 4.74 Å². The summed E-state index contributed by atoms with van der Waals surface area (Å²) >= 11 is 15.7. The van der Waals surface area contributed by atoms with Gasteiger partial charge in [-0.3, -0.25) is 0 Å². The maximum atomic E-state index is 6.06. The fourth-order valence-corrected chi connectivity index (χ4v) is 2.83. The van der Waals surface area contributed by atoms with Crippen LogP contribution in [-0.2, 0) is 11.2 Å². The lowest BCUT2D eigenvalue weighted by Crippen LogP contribution is -1.96. The minimum atomic E-state index is 0.105. The smallest absolute Gasteiger partial charge is 0.0645 e. The SMILES string of the molecule is COCCc1ccc(C(Br)c2ccc(Cl)c(Cl)c2)cc1. The monoisotopic (exact) mass is 372 g/mol. The molecule has 0 saturated heterocycles. The first-order chi connectivity index (χ1) is 9.61. The Hall–Kier alpha value is -0.540. The van der Waals surface area contributed by atoms with Gasteiger partial charge in [-0.05, 0) is 35.2 Å².